The number of carbonyl (C=O) groups excluding carboxylic acids is 1. The Labute approximate surface area is 138 Å². The summed E-state index contributed by atoms with van der Waals surface area (Å²) in [5.74, 6) is 3.85. The van der Waals surface area contributed by atoms with Gasteiger partial charge in [-0.2, -0.15) is 0 Å². The van der Waals surface area contributed by atoms with Crippen LogP contribution in [0.1, 0.15) is 38.2 Å². The van der Waals surface area contributed by atoms with Crippen LogP contribution >= 0.6 is 0 Å². The number of nitrogens with one attached hydrogen (secondary N) is 1. The smallest absolute Gasteiger partial charge is 0.224 e. The fourth-order valence-electron chi connectivity index (χ4n) is 4.49. The molecule has 0 aromatic heterocycles. The maximum absolute atomic E-state index is 12.4. The van der Waals surface area contributed by atoms with Crippen LogP contribution in [0, 0.1) is 17.8 Å². The predicted molar refractivity (Wildman–Crippen MR) is 89.8 cm³/mol. The normalized spacial score (nSPS) is 26.8. The molecule has 0 radical (unpaired) electrons. The molecule has 1 aromatic carbocycles. The van der Waals surface area contributed by atoms with E-state index < -0.39 is 0 Å². The molecule has 3 rings (SSSR count). The van der Waals surface area contributed by atoms with Gasteiger partial charge in [-0.15, -0.1) is 0 Å². The molecule has 4 nitrogen and oxygen atoms in total. The van der Waals surface area contributed by atoms with Gasteiger partial charge in [0.1, 0.15) is 0 Å². The molecule has 0 saturated heterocycles. The molecule has 2 bridgehead atoms. The molecule has 2 saturated carbocycles. The Kier molecular flexibility index (Phi) is 4.79. The third-order valence-corrected chi connectivity index (χ3v) is 5.64. The van der Waals surface area contributed by atoms with Crippen LogP contribution < -0.4 is 14.8 Å². The molecule has 4 atom stereocenters. The second-order valence-electron chi connectivity index (χ2n) is 7.06. The maximum atomic E-state index is 12.4. The molecule has 0 heterocycles. The minimum Gasteiger partial charge on any atom is -0.493 e. The molecular formula is C19H27NO3. The molecule has 0 spiro atoms. The van der Waals surface area contributed by atoms with Gasteiger partial charge in [0.25, 0.3) is 0 Å². The Hall–Kier alpha value is -1.71. The van der Waals surface area contributed by atoms with E-state index in [4.69, 9.17) is 9.47 Å². The molecule has 2 fully saturated rings. The van der Waals surface area contributed by atoms with E-state index in [1.807, 2.05) is 18.2 Å². The lowest BCUT2D eigenvalue weighted by atomic mass is 9.84. The van der Waals surface area contributed by atoms with Crippen molar-refractivity contribution in [2.45, 2.75) is 45.1 Å². The zero-order valence-corrected chi connectivity index (χ0v) is 14.3. The molecule has 2 aliphatic rings. The van der Waals surface area contributed by atoms with Crippen molar-refractivity contribution >= 4 is 5.91 Å². The van der Waals surface area contributed by atoms with Crippen LogP contribution in [0.15, 0.2) is 18.2 Å². The van der Waals surface area contributed by atoms with Gasteiger partial charge in [-0.05, 0) is 61.6 Å². The third kappa shape index (κ3) is 3.46. The van der Waals surface area contributed by atoms with Gasteiger partial charge in [0, 0.05) is 6.04 Å². The first kappa shape index (κ1) is 16.2. The van der Waals surface area contributed by atoms with Crippen LogP contribution in [-0.2, 0) is 11.2 Å². The average molecular weight is 317 g/mol. The molecule has 1 aromatic rings. The number of ether oxygens (including phenoxy) is 2. The molecule has 4 heteroatoms. The van der Waals surface area contributed by atoms with Crippen molar-refractivity contribution in [3.8, 4) is 11.5 Å². The number of rotatable bonds is 6. The van der Waals surface area contributed by atoms with Crippen LogP contribution in [-0.4, -0.2) is 26.2 Å². The standard InChI is InChI=1S/C19H27NO3/c1-12(16-9-13-4-6-15(16)8-13)20-19(21)11-14-5-7-17(22-2)18(10-14)23-3/h5,7,10,12-13,15-16H,4,6,8-9,11H2,1-3H3,(H,20,21)/t12-,13+,15+,16-/m0/s1. The molecule has 126 valence electrons. The van der Waals surface area contributed by atoms with E-state index in [9.17, 15) is 4.79 Å². The van der Waals surface area contributed by atoms with Crippen LogP contribution in [0.25, 0.3) is 0 Å². The monoisotopic (exact) mass is 317 g/mol. The highest BCUT2D eigenvalue weighted by atomic mass is 16.5. The maximum Gasteiger partial charge on any atom is 0.224 e. The fraction of sp³-hybridized carbons (Fsp3) is 0.632. The van der Waals surface area contributed by atoms with Crippen molar-refractivity contribution in [2.75, 3.05) is 14.2 Å². The highest BCUT2D eigenvalue weighted by Gasteiger charge is 2.42. The van der Waals surface area contributed by atoms with Crippen molar-refractivity contribution < 1.29 is 14.3 Å². The van der Waals surface area contributed by atoms with Gasteiger partial charge in [0.2, 0.25) is 5.91 Å². The van der Waals surface area contributed by atoms with Crippen molar-refractivity contribution in [2.24, 2.45) is 17.8 Å². The third-order valence-electron chi connectivity index (χ3n) is 5.64. The second-order valence-corrected chi connectivity index (χ2v) is 7.06. The van der Waals surface area contributed by atoms with Crippen molar-refractivity contribution in [1.29, 1.82) is 0 Å². The molecule has 0 unspecified atom stereocenters. The Bertz CT molecular complexity index is 572. The summed E-state index contributed by atoms with van der Waals surface area (Å²) in [6, 6.07) is 5.92. The van der Waals surface area contributed by atoms with E-state index in [1.165, 1.54) is 25.7 Å². The summed E-state index contributed by atoms with van der Waals surface area (Å²) in [6.45, 7) is 2.16. The number of fused-ring (bicyclic) bond motifs is 2. The first-order chi connectivity index (χ1) is 11.1. The SMILES string of the molecule is COc1ccc(CC(=O)N[C@@H](C)[C@@H]2C[C@@H]3CC[C@@H]2C3)cc1OC. The topological polar surface area (TPSA) is 47.6 Å². The number of benzene rings is 1. The fourth-order valence-corrected chi connectivity index (χ4v) is 4.49. The summed E-state index contributed by atoms with van der Waals surface area (Å²) in [7, 11) is 3.22. The van der Waals surface area contributed by atoms with Gasteiger partial charge in [0.15, 0.2) is 11.5 Å². The first-order valence-electron chi connectivity index (χ1n) is 8.61. The van der Waals surface area contributed by atoms with E-state index >= 15 is 0 Å². The highest BCUT2D eigenvalue weighted by Crippen LogP contribution is 2.49. The predicted octanol–water partition coefficient (Wildman–Crippen LogP) is 3.19. The summed E-state index contributed by atoms with van der Waals surface area (Å²) in [5.41, 5.74) is 0.945. The zero-order chi connectivity index (χ0) is 16.4. The molecular weight excluding hydrogens is 290 g/mol. The Balaban J connectivity index is 1.57. The Morgan fingerprint density at radius 1 is 1.22 bits per heavy atom. The molecule has 23 heavy (non-hydrogen) atoms. The molecule has 2 aliphatic carbocycles. The minimum absolute atomic E-state index is 0.0903. The van der Waals surface area contributed by atoms with Gasteiger partial charge in [0.05, 0.1) is 20.6 Å². The van der Waals surface area contributed by atoms with Crippen LogP contribution in [0.5, 0.6) is 11.5 Å². The first-order valence-corrected chi connectivity index (χ1v) is 8.61. The summed E-state index contributed by atoms with van der Waals surface area (Å²) >= 11 is 0. The van der Waals surface area contributed by atoms with E-state index in [-0.39, 0.29) is 11.9 Å². The second kappa shape index (κ2) is 6.81. The lowest BCUT2D eigenvalue weighted by molar-refractivity contribution is -0.121. The number of methoxy groups -OCH3 is 2. The average Bonchev–Trinajstić information content (AvgIpc) is 3.17. The van der Waals surface area contributed by atoms with Gasteiger partial charge in [-0.1, -0.05) is 12.5 Å². The van der Waals surface area contributed by atoms with Crippen molar-refractivity contribution in [3.63, 3.8) is 0 Å². The number of hydrogen-bond acceptors (Lipinski definition) is 3. The molecule has 1 N–H and O–H groups in total. The summed E-state index contributed by atoms with van der Waals surface area (Å²) in [6.07, 6.45) is 5.80. The van der Waals surface area contributed by atoms with Crippen molar-refractivity contribution in [3.05, 3.63) is 23.8 Å². The Morgan fingerprint density at radius 3 is 2.61 bits per heavy atom. The lowest BCUT2D eigenvalue weighted by Crippen LogP contribution is -2.40. The number of amides is 1. The van der Waals surface area contributed by atoms with E-state index in [2.05, 4.69) is 12.2 Å². The minimum atomic E-state index is 0.0903. The number of carbonyl (C=O) groups is 1. The Morgan fingerprint density at radius 2 is 2.00 bits per heavy atom. The molecule has 0 aliphatic heterocycles. The highest BCUT2D eigenvalue weighted by molar-refractivity contribution is 5.79. The van der Waals surface area contributed by atoms with Crippen LogP contribution in [0.3, 0.4) is 0 Å². The van der Waals surface area contributed by atoms with Gasteiger partial charge in [-0.25, -0.2) is 0 Å². The van der Waals surface area contributed by atoms with Gasteiger partial charge in [-0.3, -0.25) is 4.79 Å². The van der Waals surface area contributed by atoms with E-state index in [0.29, 0.717) is 23.8 Å². The van der Waals surface area contributed by atoms with Crippen LogP contribution in [0.2, 0.25) is 0 Å². The molecule has 1 amide bonds. The van der Waals surface area contributed by atoms with E-state index in [0.717, 1.165) is 17.4 Å². The summed E-state index contributed by atoms with van der Waals surface area (Å²) in [4.78, 5) is 12.4. The largest absolute Gasteiger partial charge is 0.493 e. The summed E-state index contributed by atoms with van der Waals surface area (Å²) < 4.78 is 10.5. The van der Waals surface area contributed by atoms with Crippen molar-refractivity contribution in [1.82, 2.24) is 5.32 Å². The van der Waals surface area contributed by atoms with E-state index in [1.54, 1.807) is 14.2 Å². The number of hydrogen-bond donors (Lipinski definition) is 1. The van der Waals surface area contributed by atoms with Gasteiger partial charge >= 0.3 is 0 Å². The lowest BCUT2D eigenvalue weighted by Gasteiger charge is -2.28. The summed E-state index contributed by atoms with van der Waals surface area (Å²) in [5, 5.41) is 3.21. The van der Waals surface area contributed by atoms with Gasteiger partial charge < -0.3 is 14.8 Å². The van der Waals surface area contributed by atoms with Crippen LogP contribution in [0.4, 0.5) is 0 Å². The zero-order valence-electron chi connectivity index (χ0n) is 14.3. The quantitative estimate of drug-likeness (QED) is 0.876.